The second-order valence-corrected chi connectivity index (χ2v) is 16.5. The summed E-state index contributed by atoms with van der Waals surface area (Å²) in [6, 6.07) is 75.6. The van der Waals surface area contributed by atoms with Crippen molar-refractivity contribution in [3.8, 4) is 44.5 Å². The van der Waals surface area contributed by atoms with E-state index in [2.05, 4.69) is 176 Å². The third kappa shape index (κ3) is 5.67. The Labute approximate surface area is 366 Å². The number of aliphatic imine (C=N–C) groups is 2. The van der Waals surface area contributed by atoms with Crippen LogP contribution < -0.4 is 0 Å². The van der Waals surface area contributed by atoms with Crippen LogP contribution in [0.1, 0.15) is 45.9 Å². The Balaban J connectivity index is 1.03. The first-order valence-electron chi connectivity index (χ1n) is 21.5. The summed E-state index contributed by atoms with van der Waals surface area (Å²) < 4.78 is 6.61. The largest absolute Gasteiger partial charge is 0.456 e. The first kappa shape index (κ1) is 36.7. The number of hydrogen-bond donors (Lipinski definition) is 0. The molecule has 9 aromatic carbocycles. The van der Waals surface area contributed by atoms with Gasteiger partial charge in [0.1, 0.15) is 11.2 Å². The third-order valence-electron chi connectivity index (χ3n) is 13.1. The smallest absolute Gasteiger partial charge is 0.160 e. The molecule has 2 aliphatic carbocycles. The van der Waals surface area contributed by atoms with Gasteiger partial charge in [-0.1, -0.05) is 195 Å². The highest BCUT2D eigenvalue weighted by Crippen LogP contribution is 2.63. The molecule has 296 valence electrons. The minimum Gasteiger partial charge on any atom is -0.456 e. The van der Waals surface area contributed by atoms with Gasteiger partial charge < -0.3 is 4.42 Å². The van der Waals surface area contributed by atoms with E-state index in [4.69, 9.17) is 14.4 Å². The first-order chi connectivity index (χ1) is 31.1. The van der Waals surface area contributed by atoms with Crippen LogP contribution in [-0.2, 0) is 5.41 Å². The van der Waals surface area contributed by atoms with Crippen LogP contribution in [0.4, 0.5) is 0 Å². The fourth-order valence-corrected chi connectivity index (χ4v) is 10.3. The molecule has 0 N–H and O–H groups in total. The molecule has 1 heterocycles. The summed E-state index contributed by atoms with van der Waals surface area (Å²) in [5, 5.41) is 1.97. The van der Waals surface area contributed by atoms with Crippen molar-refractivity contribution in [2.45, 2.75) is 12.3 Å². The Hall–Kier alpha value is -8.14. The maximum absolute atomic E-state index is 6.61. The molecule has 1 spiro atoms. The maximum atomic E-state index is 6.61. The lowest BCUT2D eigenvalue weighted by molar-refractivity contribution is 0.669. The van der Waals surface area contributed by atoms with E-state index >= 15 is 0 Å². The monoisotopic (exact) mass is 804 g/mol. The highest BCUT2D eigenvalue weighted by Gasteiger charge is 2.51. The standard InChI is InChI=1S/C60H40N2O/c1-38(40-18-5-3-6-19-40)61-59(62-39(2)44-22-9-10-23-45(44)41-20-7-4-8-21-41)49-27-17-31-57-58(49)51-37-43(33-35-56(51)63-57)42-32-34-55-50(36-42)48-26-13-16-30-54(48)60(55)52-28-14-11-24-46(52)47-25-12-15-29-53(47)60/h3-37H,2H2,1H3. The minimum atomic E-state index is -0.378. The van der Waals surface area contributed by atoms with Crippen LogP contribution in [-0.4, -0.2) is 11.5 Å². The summed E-state index contributed by atoms with van der Waals surface area (Å²) in [6.45, 7) is 6.59. The van der Waals surface area contributed by atoms with Crippen molar-refractivity contribution in [1.82, 2.24) is 0 Å². The summed E-state index contributed by atoms with van der Waals surface area (Å²) >= 11 is 0. The van der Waals surface area contributed by atoms with Gasteiger partial charge in [0, 0.05) is 27.6 Å². The topological polar surface area (TPSA) is 37.9 Å². The molecule has 3 heteroatoms. The molecule has 1 aromatic heterocycles. The molecule has 10 aromatic rings. The van der Waals surface area contributed by atoms with Gasteiger partial charge in [-0.15, -0.1) is 0 Å². The molecular weight excluding hydrogens is 765 g/mol. The molecule has 0 aliphatic heterocycles. The fourth-order valence-electron chi connectivity index (χ4n) is 10.3. The average Bonchev–Trinajstić information content (AvgIpc) is 3.98. The molecule has 3 nitrogen and oxygen atoms in total. The molecule has 63 heavy (non-hydrogen) atoms. The van der Waals surface area contributed by atoms with Crippen molar-refractivity contribution in [3.63, 3.8) is 0 Å². The number of hydrogen-bond acceptors (Lipinski definition) is 2. The lowest BCUT2D eigenvalue weighted by Crippen LogP contribution is -2.25. The lowest BCUT2D eigenvalue weighted by Gasteiger charge is -2.30. The fraction of sp³-hybridized carbons (Fsp3) is 0.0333. The molecule has 0 atom stereocenters. The Morgan fingerprint density at radius 2 is 0.968 bits per heavy atom. The third-order valence-corrected chi connectivity index (χ3v) is 13.1. The van der Waals surface area contributed by atoms with Crippen LogP contribution in [0, 0.1) is 0 Å². The van der Waals surface area contributed by atoms with Crippen LogP contribution in [0.2, 0.25) is 0 Å². The molecule has 0 amide bonds. The number of furan rings is 1. The number of amidine groups is 1. The van der Waals surface area contributed by atoms with Gasteiger partial charge in [0.05, 0.1) is 11.1 Å². The number of rotatable bonds is 6. The van der Waals surface area contributed by atoms with Crippen LogP contribution in [0.25, 0.3) is 72.1 Å². The molecule has 2 aliphatic rings. The summed E-state index contributed by atoms with van der Waals surface area (Å²) in [5.41, 5.74) is 20.5. The predicted octanol–water partition coefficient (Wildman–Crippen LogP) is 15.2. The normalized spacial score (nSPS) is 13.5. The van der Waals surface area contributed by atoms with Crippen molar-refractivity contribution in [2.75, 3.05) is 0 Å². The van der Waals surface area contributed by atoms with Crippen molar-refractivity contribution < 1.29 is 4.42 Å². The van der Waals surface area contributed by atoms with E-state index in [1.807, 2.05) is 49.4 Å². The van der Waals surface area contributed by atoms with Crippen molar-refractivity contribution in [3.05, 3.63) is 258 Å². The zero-order valence-electron chi connectivity index (χ0n) is 34.7. The second kappa shape index (κ2) is 14.5. The van der Waals surface area contributed by atoms with Crippen molar-refractivity contribution in [2.24, 2.45) is 9.98 Å². The Kier molecular flexibility index (Phi) is 8.45. The van der Waals surface area contributed by atoms with Gasteiger partial charge in [0.25, 0.3) is 0 Å². The van der Waals surface area contributed by atoms with E-state index in [0.29, 0.717) is 11.5 Å². The molecule has 0 unspecified atom stereocenters. The summed E-state index contributed by atoms with van der Waals surface area (Å²) in [7, 11) is 0. The van der Waals surface area contributed by atoms with E-state index < -0.39 is 0 Å². The molecule has 0 saturated heterocycles. The van der Waals surface area contributed by atoms with Crippen LogP contribution in [0.3, 0.4) is 0 Å². The van der Waals surface area contributed by atoms with Gasteiger partial charge in [-0.05, 0) is 104 Å². The van der Waals surface area contributed by atoms with E-state index in [1.54, 1.807) is 0 Å². The first-order valence-corrected chi connectivity index (χ1v) is 21.5. The molecule has 0 saturated carbocycles. The SMILES string of the molecule is C=C(N=C(N=C(C)c1ccccc1)c1cccc2oc3ccc(-c4ccc5c(c4)-c4ccccc4C54c5ccccc5-c5ccccc54)cc3c12)c1ccccc1-c1ccccc1. The van der Waals surface area contributed by atoms with E-state index in [1.165, 1.54) is 44.5 Å². The molecule has 0 fully saturated rings. The number of nitrogens with zero attached hydrogens (tertiary/aromatic N) is 2. The zero-order valence-corrected chi connectivity index (χ0v) is 34.7. The highest BCUT2D eigenvalue weighted by atomic mass is 16.3. The predicted molar refractivity (Wildman–Crippen MR) is 262 cm³/mol. The van der Waals surface area contributed by atoms with E-state index in [0.717, 1.165) is 66.6 Å². The number of fused-ring (bicyclic) bond motifs is 13. The quantitative estimate of drug-likeness (QED) is 0.122. The summed E-state index contributed by atoms with van der Waals surface area (Å²) in [5.74, 6) is 0.569. The molecular formula is C60H40N2O. The zero-order chi connectivity index (χ0) is 42.1. The van der Waals surface area contributed by atoms with E-state index in [9.17, 15) is 0 Å². The van der Waals surface area contributed by atoms with Crippen molar-refractivity contribution >= 4 is 39.2 Å². The maximum Gasteiger partial charge on any atom is 0.160 e. The van der Waals surface area contributed by atoms with Crippen molar-refractivity contribution in [1.29, 1.82) is 0 Å². The summed E-state index contributed by atoms with van der Waals surface area (Å²) in [4.78, 5) is 10.6. The summed E-state index contributed by atoms with van der Waals surface area (Å²) in [6.07, 6.45) is 0. The van der Waals surface area contributed by atoms with Gasteiger partial charge in [-0.25, -0.2) is 9.98 Å². The number of benzene rings is 9. The molecule has 12 rings (SSSR count). The van der Waals surface area contributed by atoms with Gasteiger partial charge in [0.15, 0.2) is 5.84 Å². The van der Waals surface area contributed by atoms with Gasteiger partial charge in [-0.3, -0.25) is 0 Å². The van der Waals surface area contributed by atoms with Gasteiger partial charge in [-0.2, -0.15) is 0 Å². The molecule has 0 bridgehead atoms. The van der Waals surface area contributed by atoms with Gasteiger partial charge in [0.2, 0.25) is 0 Å². The average molecular weight is 805 g/mol. The second-order valence-electron chi connectivity index (χ2n) is 16.5. The van der Waals surface area contributed by atoms with Crippen LogP contribution in [0.15, 0.2) is 233 Å². The lowest BCUT2D eigenvalue weighted by atomic mass is 9.70. The van der Waals surface area contributed by atoms with E-state index in [-0.39, 0.29) is 5.41 Å². The van der Waals surface area contributed by atoms with Crippen LogP contribution >= 0.6 is 0 Å². The van der Waals surface area contributed by atoms with Crippen LogP contribution in [0.5, 0.6) is 0 Å². The Morgan fingerprint density at radius 3 is 1.67 bits per heavy atom. The minimum absolute atomic E-state index is 0.378. The Bertz CT molecular complexity index is 3490. The van der Waals surface area contributed by atoms with Gasteiger partial charge >= 0.3 is 0 Å². The highest BCUT2D eigenvalue weighted by molar-refractivity contribution is 6.22. The Morgan fingerprint density at radius 1 is 0.429 bits per heavy atom. The molecule has 0 radical (unpaired) electrons.